The van der Waals surface area contributed by atoms with Crippen LogP contribution in [-0.4, -0.2) is 31.2 Å². The van der Waals surface area contributed by atoms with Crippen LogP contribution in [-0.2, 0) is 0 Å². The first-order chi connectivity index (χ1) is 7.58. The number of rotatable bonds is 3. The molecule has 0 atom stereocenters. The fraction of sp³-hybridized carbons (Fsp3) is 0.400. The normalized spacial score (nSPS) is 6.88. The van der Waals surface area contributed by atoms with E-state index in [1.54, 1.807) is 13.1 Å². The van der Waals surface area contributed by atoms with Crippen LogP contribution in [0.2, 0.25) is 0 Å². The summed E-state index contributed by atoms with van der Waals surface area (Å²) in [6, 6.07) is 0. The molecule has 16 heavy (non-hydrogen) atoms. The number of nitrogens with zero attached hydrogens (tertiary/aromatic N) is 1. The van der Waals surface area contributed by atoms with Crippen molar-refractivity contribution < 1.29 is 0 Å². The summed E-state index contributed by atoms with van der Waals surface area (Å²) in [5.74, 6) is 0.0992. The molecule has 0 bridgehead atoms. The van der Waals surface area contributed by atoms with Gasteiger partial charge in [0.25, 0.3) is 0 Å². The molecule has 94 valence electrons. The van der Waals surface area contributed by atoms with Gasteiger partial charge in [-0.3, -0.25) is 4.99 Å². The quantitative estimate of drug-likeness (QED) is 0.189. The lowest BCUT2D eigenvalue weighted by molar-refractivity contribution is 0.859. The molecular formula is C10H23N5S. The van der Waals surface area contributed by atoms with Crippen molar-refractivity contribution in [2.24, 2.45) is 16.5 Å². The molecule has 0 saturated carbocycles. The topological polar surface area (TPSA) is 88.5 Å². The molecule has 0 fully saturated rings. The highest BCUT2D eigenvalue weighted by molar-refractivity contribution is 7.80. The zero-order chi connectivity index (χ0) is 13.4. The van der Waals surface area contributed by atoms with E-state index >= 15 is 0 Å². The first kappa shape index (κ1) is 19.9. The Morgan fingerprint density at radius 1 is 1.44 bits per heavy atom. The third kappa shape index (κ3) is 29.4. The van der Waals surface area contributed by atoms with Gasteiger partial charge >= 0.3 is 0 Å². The van der Waals surface area contributed by atoms with Crippen molar-refractivity contribution >= 4 is 23.3 Å². The zero-order valence-electron chi connectivity index (χ0n) is 10.1. The molecule has 0 rings (SSSR count). The third-order valence-corrected chi connectivity index (χ3v) is 1.27. The van der Waals surface area contributed by atoms with Crippen LogP contribution in [0.4, 0.5) is 0 Å². The van der Waals surface area contributed by atoms with Crippen LogP contribution in [0.1, 0.15) is 6.92 Å². The number of aliphatic imine (C=N–C) groups is 1. The average Bonchev–Trinajstić information content (AvgIpc) is 2.27. The molecule has 0 aromatic carbocycles. The third-order valence-electron chi connectivity index (χ3n) is 0.919. The van der Waals surface area contributed by atoms with Crippen molar-refractivity contribution in [1.29, 1.82) is 0 Å². The highest BCUT2D eigenvalue weighted by Gasteiger charge is 1.87. The molecule has 0 aliphatic carbocycles. The molecule has 0 aromatic rings. The minimum absolute atomic E-state index is 0.0992. The molecule has 0 spiro atoms. The highest BCUT2D eigenvalue weighted by Crippen LogP contribution is 1.67. The van der Waals surface area contributed by atoms with Gasteiger partial charge in [-0.15, -0.1) is 19.7 Å². The molecule has 0 unspecified atom stereocenters. The Morgan fingerprint density at radius 3 is 2.19 bits per heavy atom. The fourth-order valence-corrected chi connectivity index (χ4v) is 0.545. The monoisotopic (exact) mass is 245 g/mol. The smallest absolute Gasteiger partial charge is 0.185 e. The number of nitrogens with one attached hydrogen (secondary N) is 2. The molecule has 0 aromatic heterocycles. The van der Waals surface area contributed by atoms with E-state index in [0.717, 1.165) is 0 Å². The van der Waals surface area contributed by atoms with Gasteiger partial charge in [0.2, 0.25) is 0 Å². The van der Waals surface area contributed by atoms with E-state index in [4.69, 9.17) is 23.7 Å². The Balaban J connectivity index is -0.000000289. The Kier molecular flexibility index (Phi) is 23.8. The Labute approximate surface area is 104 Å². The van der Waals surface area contributed by atoms with Crippen molar-refractivity contribution in [1.82, 2.24) is 10.6 Å². The summed E-state index contributed by atoms with van der Waals surface area (Å²) in [5.41, 5.74) is 10.2. The number of guanidine groups is 1. The SMILES string of the molecule is C=C.C=CC.CNC(=S)NCCN=C(N)N. The number of hydrogen-bond acceptors (Lipinski definition) is 2. The van der Waals surface area contributed by atoms with Gasteiger partial charge in [0, 0.05) is 13.6 Å². The maximum absolute atomic E-state index is 5.09. The lowest BCUT2D eigenvalue weighted by Crippen LogP contribution is -2.34. The second-order valence-corrected chi connectivity index (χ2v) is 2.63. The molecule has 6 heteroatoms. The van der Waals surface area contributed by atoms with Crippen LogP contribution in [0.5, 0.6) is 0 Å². The first-order valence-corrected chi connectivity index (χ1v) is 5.07. The van der Waals surface area contributed by atoms with Crippen LogP contribution in [0.25, 0.3) is 0 Å². The molecular weight excluding hydrogens is 222 g/mol. The van der Waals surface area contributed by atoms with E-state index in [-0.39, 0.29) is 5.96 Å². The molecule has 0 heterocycles. The summed E-state index contributed by atoms with van der Waals surface area (Å²) in [5, 5.41) is 6.25. The van der Waals surface area contributed by atoms with Crippen LogP contribution in [0.3, 0.4) is 0 Å². The Bertz CT molecular complexity index is 199. The largest absolute Gasteiger partial charge is 0.370 e. The van der Waals surface area contributed by atoms with E-state index in [9.17, 15) is 0 Å². The summed E-state index contributed by atoms with van der Waals surface area (Å²) in [6.45, 7) is 12.4. The van der Waals surface area contributed by atoms with Gasteiger partial charge in [-0.1, -0.05) is 6.08 Å². The second-order valence-electron chi connectivity index (χ2n) is 2.22. The summed E-state index contributed by atoms with van der Waals surface area (Å²) >= 11 is 4.80. The van der Waals surface area contributed by atoms with E-state index in [1.807, 2.05) is 6.92 Å². The molecule has 0 radical (unpaired) electrons. The van der Waals surface area contributed by atoms with Gasteiger partial charge in [-0.25, -0.2) is 0 Å². The van der Waals surface area contributed by atoms with Gasteiger partial charge < -0.3 is 22.1 Å². The number of hydrogen-bond donors (Lipinski definition) is 4. The van der Waals surface area contributed by atoms with E-state index < -0.39 is 0 Å². The van der Waals surface area contributed by atoms with Gasteiger partial charge in [0.15, 0.2) is 11.1 Å². The standard InChI is InChI=1S/C5H13N5S.C3H6.C2H4/c1-8-5(11)10-3-2-9-4(6)7;1-3-2;1-2/h2-3H2,1H3,(H4,6,7,9)(H2,8,10,11);3H,1H2,2H3;1-2H2. The number of allylic oxidation sites excluding steroid dienone is 1. The van der Waals surface area contributed by atoms with Crippen molar-refractivity contribution in [3.05, 3.63) is 25.8 Å². The molecule has 0 saturated heterocycles. The van der Waals surface area contributed by atoms with Crippen LogP contribution >= 0.6 is 12.2 Å². The lowest BCUT2D eigenvalue weighted by Gasteiger charge is -2.03. The van der Waals surface area contributed by atoms with Gasteiger partial charge in [0.05, 0.1) is 6.54 Å². The summed E-state index contributed by atoms with van der Waals surface area (Å²) in [7, 11) is 1.75. The summed E-state index contributed by atoms with van der Waals surface area (Å²) < 4.78 is 0. The Hall–Kier alpha value is -1.56. The molecule has 6 N–H and O–H groups in total. The van der Waals surface area contributed by atoms with Crippen LogP contribution in [0, 0.1) is 0 Å². The van der Waals surface area contributed by atoms with Crippen LogP contribution in [0.15, 0.2) is 30.8 Å². The lowest BCUT2D eigenvalue weighted by atomic mass is 10.6. The van der Waals surface area contributed by atoms with Gasteiger partial charge in [0.1, 0.15) is 0 Å². The van der Waals surface area contributed by atoms with Crippen molar-refractivity contribution in [2.45, 2.75) is 6.92 Å². The van der Waals surface area contributed by atoms with Crippen LogP contribution < -0.4 is 22.1 Å². The summed E-state index contributed by atoms with van der Waals surface area (Å²) in [6.07, 6.45) is 1.75. The highest BCUT2D eigenvalue weighted by atomic mass is 32.1. The number of thiocarbonyl (C=S) groups is 1. The van der Waals surface area contributed by atoms with Crippen molar-refractivity contribution in [2.75, 3.05) is 20.1 Å². The molecule has 0 amide bonds. The van der Waals surface area contributed by atoms with Crippen molar-refractivity contribution in [3.63, 3.8) is 0 Å². The van der Waals surface area contributed by atoms with Crippen molar-refractivity contribution in [3.8, 4) is 0 Å². The Morgan fingerprint density at radius 2 is 1.88 bits per heavy atom. The maximum Gasteiger partial charge on any atom is 0.185 e. The molecule has 0 aliphatic heterocycles. The number of nitrogens with two attached hydrogens (primary N) is 2. The van der Waals surface area contributed by atoms with E-state index in [0.29, 0.717) is 18.2 Å². The minimum atomic E-state index is 0.0992. The molecule has 0 aliphatic rings. The average molecular weight is 245 g/mol. The fourth-order valence-electron chi connectivity index (χ4n) is 0.443. The summed E-state index contributed by atoms with van der Waals surface area (Å²) in [4.78, 5) is 3.75. The van der Waals surface area contributed by atoms with E-state index in [1.165, 1.54) is 0 Å². The zero-order valence-corrected chi connectivity index (χ0v) is 10.9. The maximum atomic E-state index is 5.09. The van der Waals surface area contributed by atoms with E-state index in [2.05, 4.69) is 35.4 Å². The predicted octanol–water partition coefficient (Wildman–Crippen LogP) is 0.348. The second kappa shape index (κ2) is 19.1. The predicted molar refractivity (Wildman–Crippen MR) is 77.5 cm³/mol. The van der Waals surface area contributed by atoms with Gasteiger partial charge in [-0.2, -0.15) is 0 Å². The van der Waals surface area contributed by atoms with Gasteiger partial charge in [-0.05, 0) is 19.1 Å². The first-order valence-electron chi connectivity index (χ1n) is 4.66. The molecule has 5 nitrogen and oxygen atoms in total. The minimum Gasteiger partial charge on any atom is -0.370 e.